The van der Waals surface area contributed by atoms with Crippen molar-refractivity contribution in [3.8, 4) is 0 Å². The van der Waals surface area contributed by atoms with Crippen LogP contribution in [-0.4, -0.2) is 5.71 Å². The lowest BCUT2D eigenvalue weighted by Gasteiger charge is -1.94. The van der Waals surface area contributed by atoms with Gasteiger partial charge in [0.25, 0.3) is 0 Å². The average Bonchev–Trinajstić information content (AvgIpc) is 1.90. The highest BCUT2D eigenvalue weighted by Gasteiger charge is 1.91. The first-order chi connectivity index (χ1) is 3.93. The molecule has 2 N–H and O–H groups in total. The highest BCUT2D eigenvalue weighted by atomic mass is 15.1. The SMILES string of the molecule is NN=C1C=C[C]=CC1. The molecule has 0 unspecified atom stereocenters. The molecule has 0 amide bonds. The summed E-state index contributed by atoms with van der Waals surface area (Å²) in [5, 5.41) is 3.51. The van der Waals surface area contributed by atoms with E-state index >= 15 is 0 Å². The van der Waals surface area contributed by atoms with Crippen LogP contribution in [0.3, 0.4) is 0 Å². The summed E-state index contributed by atoms with van der Waals surface area (Å²) in [5.41, 5.74) is 0.906. The Morgan fingerprint density at radius 2 is 2.62 bits per heavy atom. The topological polar surface area (TPSA) is 38.4 Å². The van der Waals surface area contributed by atoms with Crippen molar-refractivity contribution in [2.45, 2.75) is 6.42 Å². The van der Waals surface area contributed by atoms with E-state index in [1.54, 1.807) is 6.08 Å². The summed E-state index contributed by atoms with van der Waals surface area (Å²) in [7, 11) is 0. The second-order valence-corrected chi connectivity index (χ2v) is 1.53. The molecule has 0 fully saturated rings. The average molecular weight is 107 g/mol. The Kier molecular flexibility index (Phi) is 1.47. The Balaban J connectivity index is 2.66. The molecule has 8 heavy (non-hydrogen) atoms. The van der Waals surface area contributed by atoms with Crippen LogP contribution in [0.15, 0.2) is 23.3 Å². The molecule has 0 spiro atoms. The lowest BCUT2D eigenvalue weighted by molar-refractivity contribution is 1.21. The van der Waals surface area contributed by atoms with Crippen molar-refractivity contribution in [2.75, 3.05) is 0 Å². The van der Waals surface area contributed by atoms with Crippen LogP contribution in [0.1, 0.15) is 6.42 Å². The van der Waals surface area contributed by atoms with Crippen molar-refractivity contribution in [2.24, 2.45) is 10.9 Å². The monoisotopic (exact) mass is 107 g/mol. The minimum absolute atomic E-state index is 0.812. The van der Waals surface area contributed by atoms with Crippen LogP contribution >= 0.6 is 0 Å². The molecule has 2 nitrogen and oxygen atoms in total. The van der Waals surface area contributed by atoms with E-state index < -0.39 is 0 Å². The van der Waals surface area contributed by atoms with Crippen LogP contribution in [0.2, 0.25) is 0 Å². The Morgan fingerprint density at radius 3 is 3.00 bits per heavy atom. The third kappa shape index (κ3) is 0.964. The summed E-state index contributed by atoms with van der Waals surface area (Å²) < 4.78 is 0. The number of nitrogens with two attached hydrogens (primary N) is 1. The summed E-state index contributed by atoms with van der Waals surface area (Å²) in [4.78, 5) is 0. The van der Waals surface area contributed by atoms with Crippen molar-refractivity contribution in [3.63, 3.8) is 0 Å². The normalized spacial score (nSPS) is 22.2. The standard InChI is InChI=1S/C6H7N2/c7-8-6-4-2-1-3-5-6/h2-4H,5,7H2. The minimum Gasteiger partial charge on any atom is -0.323 e. The maximum Gasteiger partial charge on any atom is 0.0638 e. The van der Waals surface area contributed by atoms with Gasteiger partial charge in [0.2, 0.25) is 0 Å². The molecule has 2 heteroatoms. The highest BCUT2D eigenvalue weighted by molar-refractivity contribution is 5.96. The molecule has 1 rings (SSSR count). The van der Waals surface area contributed by atoms with Crippen LogP contribution in [0.5, 0.6) is 0 Å². The highest BCUT2D eigenvalue weighted by Crippen LogP contribution is 1.95. The van der Waals surface area contributed by atoms with E-state index in [-0.39, 0.29) is 0 Å². The molecule has 0 aromatic rings. The van der Waals surface area contributed by atoms with Crippen LogP contribution in [0.25, 0.3) is 0 Å². The lowest BCUT2D eigenvalue weighted by Crippen LogP contribution is -1.97. The van der Waals surface area contributed by atoms with E-state index in [0.717, 1.165) is 12.1 Å². The minimum atomic E-state index is 0.812. The predicted molar refractivity (Wildman–Crippen MR) is 33.2 cm³/mol. The first-order valence-corrected chi connectivity index (χ1v) is 2.44. The molecule has 1 aliphatic rings. The summed E-state index contributed by atoms with van der Waals surface area (Å²) in [6.07, 6.45) is 9.26. The number of nitrogens with zero attached hydrogens (tertiary/aromatic N) is 1. The van der Waals surface area contributed by atoms with Gasteiger partial charge < -0.3 is 5.84 Å². The zero-order valence-electron chi connectivity index (χ0n) is 4.46. The van der Waals surface area contributed by atoms with E-state index in [0.29, 0.717) is 0 Å². The van der Waals surface area contributed by atoms with E-state index in [9.17, 15) is 0 Å². The van der Waals surface area contributed by atoms with Gasteiger partial charge in [0.15, 0.2) is 0 Å². The van der Waals surface area contributed by atoms with E-state index in [2.05, 4.69) is 11.2 Å². The maximum atomic E-state index is 4.99. The molecule has 1 aliphatic carbocycles. The Bertz CT molecular complexity index is 154. The van der Waals surface area contributed by atoms with Crippen molar-refractivity contribution >= 4 is 5.71 Å². The molecule has 1 radical (unpaired) electrons. The number of hydrogen-bond acceptors (Lipinski definition) is 2. The van der Waals surface area contributed by atoms with Gasteiger partial charge in [-0.3, -0.25) is 0 Å². The fourth-order valence-corrected chi connectivity index (χ4v) is 0.540. The summed E-state index contributed by atoms with van der Waals surface area (Å²) in [5.74, 6) is 4.99. The Hall–Kier alpha value is -1.05. The van der Waals surface area contributed by atoms with Gasteiger partial charge in [-0.05, 0) is 12.2 Å². The second kappa shape index (κ2) is 2.31. The smallest absolute Gasteiger partial charge is 0.0638 e. The predicted octanol–water partition coefficient (Wildman–Crippen LogP) is 0.620. The third-order valence-corrected chi connectivity index (χ3v) is 0.967. The van der Waals surface area contributed by atoms with Crippen LogP contribution in [-0.2, 0) is 0 Å². The third-order valence-electron chi connectivity index (χ3n) is 0.967. The number of hydrogen-bond donors (Lipinski definition) is 1. The van der Waals surface area contributed by atoms with Gasteiger partial charge >= 0.3 is 0 Å². The molecule has 0 aromatic heterocycles. The quantitative estimate of drug-likeness (QED) is 0.357. The summed E-state index contributed by atoms with van der Waals surface area (Å²) in [6, 6.07) is 0. The molecule has 0 aromatic carbocycles. The lowest BCUT2D eigenvalue weighted by atomic mass is 10.2. The number of rotatable bonds is 0. The van der Waals surface area contributed by atoms with Crippen LogP contribution < -0.4 is 5.84 Å². The number of allylic oxidation sites excluding steroid dienone is 4. The van der Waals surface area contributed by atoms with Crippen LogP contribution in [0, 0.1) is 6.08 Å². The number of hydrazone groups is 1. The van der Waals surface area contributed by atoms with Crippen molar-refractivity contribution in [3.05, 3.63) is 24.3 Å². The molecule has 0 bridgehead atoms. The largest absolute Gasteiger partial charge is 0.323 e. The zero-order chi connectivity index (χ0) is 5.82. The molecule has 0 aliphatic heterocycles. The van der Waals surface area contributed by atoms with Gasteiger partial charge in [-0.1, -0.05) is 12.2 Å². The van der Waals surface area contributed by atoms with Gasteiger partial charge in [0.1, 0.15) is 0 Å². The van der Waals surface area contributed by atoms with Gasteiger partial charge in [-0.25, -0.2) is 0 Å². The van der Waals surface area contributed by atoms with Crippen LogP contribution in [0.4, 0.5) is 0 Å². The second-order valence-electron chi connectivity index (χ2n) is 1.53. The van der Waals surface area contributed by atoms with Gasteiger partial charge in [0, 0.05) is 6.42 Å². The molecule has 0 saturated heterocycles. The van der Waals surface area contributed by atoms with Crippen molar-refractivity contribution in [1.29, 1.82) is 0 Å². The maximum absolute atomic E-state index is 4.99. The van der Waals surface area contributed by atoms with E-state index in [1.807, 2.05) is 12.2 Å². The summed E-state index contributed by atoms with van der Waals surface area (Å²) in [6.45, 7) is 0. The molecule has 41 valence electrons. The molecular weight excluding hydrogens is 100 g/mol. The van der Waals surface area contributed by atoms with Gasteiger partial charge in [-0.15, -0.1) is 0 Å². The Morgan fingerprint density at radius 1 is 1.75 bits per heavy atom. The molecular formula is C6H7N2. The molecule has 0 atom stereocenters. The molecule has 0 saturated carbocycles. The first-order valence-electron chi connectivity index (χ1n) is 2.44. The first kappa shape index (κ1) is 5.09. The Labute approximate surface area is 48.4 Å². The fourth-order valence-electron chi connectivity index (χ4n) is 0.540. The fraction of sp³-hybridized carbons (Fsp3) is 0.167. The van der Waals surface area contributed by atoms with Crippen molar-refractivity contribution in [1.82, 2.24) is 0 Å². The van der Waals surface area contributed by atoms with Gasteiger partial charge in [-0.2, -0.15) is 5.10 Å². The van der Waals surface area contributed by atoms with Crippen molar-refractivity contribution < 1.29 is 0 Å². The van der Waals surface area contributed by atoms with E-state index in [1.165, 1.54) is 0 Å². The van der Waals surface area contributed by atoms with E-state index in [4.69, 9.17) is 5.84 Å². The van der Waals surface area contributed by atoms with Gasteiger partial charge in [0.05, 0.1) is 5.71 Å². The zero-order valence-corrected chi connectivity index (χ0v) is 4.46. The molecule has 0 heterocycles. The summed E-state index contributed by atoms with van der Waals surface area (Å²) >= 11 is 0.